The molecule has 2 heterocycles. The molecule has 0 bridgehead atoms. The van der Waals surface area contributed by atoms with Crippen LogP contribution in [0.4, 0.5) is 5.69 Å². The lowest BCUT2D eigenvalue weighted by Gasteiger charge is -2.17. The summed E-state index contributed by atoms with van der Waals surface area (Å²) in [5.41, 5.74) is 5.29. The number of amides is 1. The minimum atomic E-state index is -0.0754. The highest BCUT2D eigenvalue weighted by Crippen LogP contribution is 2.33. The highest BCUT2D eigenvalue weighted by Gasteiger charge is 2.35. The third kappa shape index (κ3) is 3.01. The summed E-state index contributed by atoms with van der Waals surface area (Å²) in [5.74, 6) is 1.13. The summed E-state index contributed by atoms with van der Waals surface area (Å²) in [6, 6.07) is 14.1. The number of aromatic nitrogens is 2. The van der Waals surface area contributed by atoms with E-state index in [-0.39, 0.29) is 11.8 Å². The highest BCUT2D eigenvalue weighted by atomic mass is 16.5. The normalized spacial score (nSPS) is 17.1. The molecule has 1 amide bonds. The molecule has 5 nitrogen and oxygen atoms in total. The second-order valence-electron chi connectivity index (χ2n) is 7.02. The Labute approximate surface area is 152 Å². The van der Waals surface area contributed by atoms with Crippen LogP contribution in [0.3, 0.4) is 0 Å². The van der Waals surface area contributed by atoms with Gasteiger partial charge in [0.15, 0.2) is 0 Å². The smallest absolute Gasteiger partial charge is 0.232 e. The largest absolute Gasteiger partial charge is 0.339 e. The minimum absolute atomic E-state index is 0.0754. The van der Waals surface area contributed by atoms with E-state index in [4.69, 9.17) is 4.52 Å². The van der Waals surface area contributed by atoms with Crippen molar-refractivity contribution in [1.82, 2.24) is 10.1 Å². The molecular formula is C21H21N3O2. The highest BCUT2D eigenvalue weighted by molar-refractivity contribution is 5.96. The Morgan fingerprint density at radius 1 is 1.08 bits per heavy atom. The maximum Gasteiger partial charge on any atom is 0.232 e. The molecule has 3 aromatic rings. The lowest BCUT2D eigenvalue weighted by atomic mass is 10.1. The fourth-order valence-electron chi connectivity index (χ4n) is 3.56. The van der Waals surface area contributed by atoms with Crippen molar-refractivity contribution in [3.05, 3.63) is 65.0 Å². The molecule has 1 unspecified atom stereocenters. The fraction of sp³-hybridized carbons (Fsp3) is 0.286. The number of hydrogen-bond acceptors (Lipinski definition) is 4. The van der Waals surface area contributed by atoms with Crippen LogP contribution in [0.25, 0.3) is 11.4 Å². The van der Waals surface area contributed by atoms with Crippen LogP contribution in [0.1, 0.15) is 34.9 Å². The first-order valence-electron chi connectivity index (χ1n) is 8.79. The van der Waals surface area contributed by atoms with E-state index in [0.717, 1.165) is 27.9 Å². The Bertz CT molecular complexity index is 957. The molecule has 0 spiro atoms. The SMILES string of the molecule is Cc1cc(C)cc(N2CC(c3nc(-c4ccccc4C)no3)CC2=O)c1. The van der Waals surface area contributed by atoms with Gasteiger partial charge in [0.1, 0.15) is 0 Å². The number of hydrogen-bond donors (Lipinski definition) is 0. The summed E-state index contributed by atoms with van der Waals surface area (Å²) >= 11 is 0. The predicted octanol–water partition coefficient (Wildman–Crippen LogP) is 4.18. The molecule has 1 aliphatic heterocycles. The van der Waals surface area contributed by atoms with Crippen molar-refractivity contribution in [2.45, 2.75) is 33.1 Å². The van der Waals surface area contributed by atoms with Crippen LogP contribution < -0.4 is 4.90 Å². The molecule has 0 saturated carbocycles. The molecule has 0 radical (unpaired) electrons. The monoisotopic (exact) mass is 347 g/mol. The standard InChI is InChI=1S/C21H21N3O2/c1-13-8-14(2)10-17(9-13)24-12-16(11-19(24)25)21-22-20(23-26-21)18-7-5-4-6-15(18)3/h4-10,16H,11-12H2,1-3H3. The van der Waals surface area contributed by atoms with Gasteiger partial charge in [-0.2, -0.15) is 4.98 Å². The molecule has 2 aromatic carbocycles. The second-order valence-corrected chi connectivity index (χ2v) is 7.02. The van der Waals surface area contributed by atoms with Gasteiger partial charge in [-0.1, -0.05) is 35.5 Å². The summed E-state index contributed by atoms with van der Waals surface area (Å²) in [6.07, 6.45) is 0.391. The third-order valence-electron chi connectivity index (χ3n) is 4.82. The van der Waals surface area contributed by atoms with Crippen LogP contribution in [-0.4, -0.2) is 22.6 Å². The van der Waals surface area contributed by atoms with Gasteiger partial charge in [0.2, 0.25) is 17.6 Å². The molecule has 0 N–H and O–H groups in total. The number of aryl methyl sites for hydroxylation is 3. The van der Waals surface area contributed by atoms with E-state index < -0.39 is 0 Å². The summed E-state index contributed by atoms with van der Waals surface area (Å²) in [4.78, 5) is 18.9. The molecule has 1 atom stereocenters. The zero-order valence-corrected chi connectivity index (χ0v) is 15.2. The van der Waals surface area contributed by atoms with Gasteiger partial charge >= 0.3 is 0 Å². The molecule has 0 aliphatic carbocycles. The Kier molecular flexibility index (Phi) is 4.07. The van der Waals surface area contributed by atoms with E-state index in [1.807, 2.05) is 62.1 Å². The second kappa shape index (κ2) is 6.41. The molecule has 4 rings (SSSR count). The van der Waals surface area contributed by atoms with Gasteiger partial charge in [0.05, 0.1) is 5.92 Å². The van der Waals surface area contributed by atoms with Crippen molar-refractivity contribution < 1.29 is 9.32 Å². The van der Waals surface area contributed by atoms with Crippen LogP contribution in [0.2, 0.25) is 0 Å². The molecule has 132 valence electrons. The molecule has 1 aromatic heterocycles. The zero-order chi connectivity index (χ0) is 18.3. The van der Waals surface area contributed by atoms with Gasteiger partial charge in [-0.25, -0.2) is 0 Å². The predicted molar refractivity (Wildman–Crippen MR) is 100 cm³/mol. The molecule has 1 fully saturated rings. The third-order valence-corrected chi connectivity index (χ3v) is 4.82. The summed E-state index contributed by atoms with van der Waals surface area (Å²) in [5, 5.41) is 4.13. The zero-order valence-electron chi connectivity index (χ0n) is 15.2. The molecule has 26 heavy (non-hydrogen) atoms. The van der Waals surface area contributed by atoms with E-state index in [1.54, 1.807) is 0 Å². The van der Waals surface area contributed by atoms with Crippen molar-refractivity contribution in [2.75, 3.05) is 11.4 Å². The first-order chi connectivity index (χ1) is 12.5. The van der Waals surface area contributed by atoms with Crippen molar-refractivity contribution in [1.29, 1.82) is 0 Å². The molecule has 5 heteroatoms. The van der Waals surface area contributed by atoms with Crippen molar-refractivity contribution >= 4 is 11.6 Å². The van der Waals surface area contributed by atoms with Crippen LogP contribution in [0.15, 0.2) is 47.0 Å². The van der Waals surface area contributed by atoms with Crippen molar-refractivity contribution in [3.63, 3.8) is 0 Å². The first-order valence-corrected chi connectivity index (χ1v) is 8.79. The average Bonchev–Trinajstić information content (AvgIpc) is 3.21. The van der Waals surface area contributed by atoms with Crippen LogP contribution >= 0.6 is 0 Å². The van der Waals surface area contributed by atoms with Crippen molar-refractivity contribution in [3.8, 4) is 11.4 Å². The molecule has 1 saturated heterocycles. The average molecular weight is 347 g/mol. The minimum Gasteiger partial charge on any atom is -0.339 e. The van der Waals surface area contributed by atoms with Gasteiger partial charge in [-0.3, -0.25) is 4.79 Å². The van der Waals surface area contributed by atoms with E-state index >= 15 is 0 Å². The molecular weight excluding hydrogens is 326 g/mol. The summed E-state index contributed by atoms with van der Waals surface area (Å²) in [6.45, 7) is 6.67. The number of carbonyl (C=O) groups is 1. The van der Waals surface area contributed by atoms with Crippen molar-refractivity contribution in [2.24, 2.45) is 0 Å². The summed E-state index contributed by atoms with van der Waals surface area (Å²) < 4.78 is 5.50. The Morgan fingerprint density at radius 3 is 2.54 bits per heavy atom. The Morgan fingerprint density at radius 2 is 1.81 bits per heavy atom. The summed E-state index contributed by atoms with van der Waals surface area (Å²) in [7, 11) is 0. The first kappa shape index (κ1) is 16.5. The van der Waals surface area contributed by atoms with E-state index in [0.29, 0.717) is 24.7 Å². The lowest BCUT2D eigenvalue weighted by Crippen LogP contribution is -2.24. The number of anilines is 1. The molecule has 1 aliphatic rings. The van der Waals surface area contributed by atoms with Gasteiger partial charge in [-0.05, 0) is 49.6 Å². The fourth-order valence-corrected chi connectivity index (χ4v) is 3.56. The van der Waals surface area contributed by atoms with E-state index in [9.17, 15) is 4.79 Å². The van der Waals surface area contributed by atoms with Gasteiger partial charge in [0, 0.05) is 24.2 Å². The van der Waals surface area contributed by atoms with Gasteiger partial charge in [0.25, 0.3) is 0 Å². The number of nitrogens with zero attached hydrogens (tertiary/aromatic N) is 3. The number of benzene rings is 2. The number of carbonyl (C=O) groups excluding carboxylic acids is 1. The quantitative estimate of drug-likeness (QED) is 0.713. The maximum atomic E-state index is 12.5. The number of rotatable bonds is 3. The van der Waals surface area contributed by atoms with E-state index in [1.165, 1.54) is 0 Å². The Hall–Kier alpha value is -2.95. The van der Waals surface area contributed by atoms with Crippen LogP contribution in [-0.2, 0) is 4.79 Å². The van der Waals surface area contributed by atoms with E-state index in [2.05, 4.69) is 16.2 Å². The van der Waals surface area contributed by atoms with Crippen LogP contribution in [0, 0.1) is 20.8 Å². The maximum absolute atomic E-state index is 12.5. The topological polar surface area (TPSA) is 59.2 Å². The van der Waals surface area contributed by atoms with Gasteiger partial charge < -0.3 is 9.42 Å². The van der Waals surface area contributed by atoms with Gasteiger partial charge in [-0.15, -0.1) is 0 Å². The van der Waals surface area contributed by atoms with Crippen LogP contribution in [0.5, 0.6) is 0 Å². The lowest BCUT2D eigenvalue weighted by molar-refractivity contribution is -0.117. The Balaban J connectivity index is 1.59.